The van der Waals surface area contributed by atoms with Crippen LogP contribution in [0.25, 0.3) is 0 Å². The van der Waals surface area contributed by atoms with E-state index >= 15 is 0 Å². The fraction of sp³-hybridized carbons (Fsp3) is 0.312. The van der Waals surface area contributed by atoms with Crippen LogP contribution in [-0.2, 0) is 13.2 Å². The third-order valence-electron chi connectivity index (χ3n) is 3.00. The van der Waals surface area contributed by atoms with E-state index in [0.717, 1.165) is 35.5 Å². The lowest BCUT2D eigenvalue weighted by molar-refractivity contribution is 0.299. The molecule has 2 rings (SSSR count). The SMILES string of the molecule is CCNCc1cccc(C)c1OCc1cncc(F)c1. The molecule has 4 heteroatoms. The number of nitrogens with one attached hydrogen (secondary N) is 1. The minimum atomic E-state index is -0.344. The van der Waals surface area contributed by atoms with E-state index in [1.54, 1.807) is 6.20 Å². The number of aryl methyl sites for hydroxylation is 1. The van der Waals surface area contributed by atoms with Gasteiger partial charge in [0.25, 0.3) is 0 Å². The third-order valence-corrected chi connectivity index (χ3v) is 3.00. The van der Waals surface area contributed by atoms with Crippen molar-refractivity contribution >= 4 is 0 Å². The molecule has 0 saturated heterocycles. The van der Waals surface area contributed by atoms with Crippen LogP contribution in [0, 0.1) is 12.7 Å². The van der Waals surface area contributed by atoms with Crippen molar-refractivity contribution in [1.82, 2.24) is 10.3 Å². The van der Waals surface area contributed by atoms with Gasteiger partial charge in [0.15, 0.2) is 0 Å². The molecule has 1 aromatic heterocycles. The summed E-state index contributed by atoms with van der Waals surface area (Å²) in [7, 11) is 0. The molecular weight excluding hydrogens is 255 g/mol. The van der Waals surface area contributed by atoms with Crippen LogP contribution in [0.5, 0.6) is 5.75 Å². The number of pyridine rings is 1. The van der Waals surface area contributed by atoms with Crippen molar-refractivity contribution in [1.29, 1.82) is 0 Å². The second-order valence-electron chi connectivity index (χ2n) is 4.64. The van der Waals surface area contributed by atoms with Crippen molar-refractivity contribution in [3.05, 3.63) is 59.2 Å². The lowest BCUT2D eigenvalue weighted by Crippen LogP contribution is -2.13. The lowest BCUT2D eigenvalue weighted by atomic mass is 10.1. The Labute approximate surface area is 118 Å². The van der Waals surface area contributed by atoms with Crippen LogP contribution >= 0.6 is 0 Å². The van der Waals surface area contributed by atoms with E-state index in [4.69, 9.17) is 4.74 Å². The molecule has 0 aliphatic carbocycles. The average molecular weight is 274 g/mol. The largest absolute Gasteiger partial charge is 0.488 e. The molecule has 0 aliphatic heterocycles. The van der Waals surface area contributed by atoms with Crippen molar-refractivity contribution in [2.24, 2.45) is 0 Å². The summed E-state index contributed by atoms with van der Waals surface area (Å²) < 4.78 is 18.9. The van der Waals surface area contributed by atoms with Crippen LogP contribution in [0.3, 0.4) is 0 Å². The molecule has 1 heterocycles. The Morgan fingerprint density at radius 1 is 1.30 bits per heavy atom. The van der Waals surface area contributed by atoms with Gasteiger partial charge in [0, 0.05) is 23.9 Å². The molecule has 0 amide bonds. The zero-order chi connectivity index (χ0) is 14.4. The van der Waals surface area contributed by atoms with Gasteiger partial charge in [-0.2, -0.15) is 0 Å². The number of hydrogen-bond acceptors (Lipinski definition) is 3. The molecule has 0 radical (unpaired) electrons. The maximum Gasteiger partial charge on any atom is 0.141 e. The molecule has 0 bridgehead atoms. The summed E-state index contributed by atoms with van der Waals surface area (Å²) in [5.74, 6) is 0.515. The van der Waals surface area contributed by atoms with E-state index in [9.17, 15) is 4.39 Å². The summed E-state index contributed by atoms with van der Waals surface area (Å²) >= 11 is 0. The summed E-state index contributed by atoms with van der Waals surface area (Å²) in [4.78, 5) is 3.82. The first-order valence-electron chi connectivity index (χ1n) is 6.72. The molecule has 20 heavy (non-hydrogen) atoms. The average Bonchev–Trinajstić information content (AvgIpc) is 2.44. The molecule has 1 aromatic carbocycles. The first-order valence-corrected chi connectivity index (χ1v) is 6.72. The van der Waals surface area contributed by atoms with Crippen LogP contribution in [0.4, 0.5) is 4.39 Å². The maximum absolute atomic E-state index is 13.1. The zero-order valence-corrected chi connectivity index (χ0v) is 11.8. The number of nitrogens with zero attached hydrogens (tertiary/aromatic N) is 1. The minimum Gasteiger partial charge on any atom is -0.488 e. The van der Waals surface area contributed by atoms with Gasteiger partial charge in [-0.3, -0.25) is 4.98 Å². The number of rotatable bonds is 6. The zero-order valence-electron chi connectivity index (χ0n) is 11.8. The molecule has 2 aromatic rings. The fourth-order valence-corrected chi connectivity index (χ4v) is 2.01. The highest BCUT2D eigenvalue weighted by atomic mass is 19.1. The van der Waals surface area contributed by atoms with E-state index in [0.29, 0.717) is 6.61 Å². The summed E-state index contributed by atoms with van der Waals surface area (Å²) in [5, 5.41) is 3.29. The van der Waals surface area contributed by atoms with Crippen LogP contribution in [0.15, 0.2) is 36.7 Å². The number of para-hydroxylation sites is 1. The third kappa shape index (κ3) is 3.78. The van der Waals surface area contributed by atoms with E-state index in [1.807, 2.05) is 25.1 Å². The highest BCUT2D eigenvalue weighted by Gasteiger charge is 2.07. The first-order chi connectivity index (χ1) is 9.70. The van der Waals surface area contributed by atoms with Gasteiger partial charge in [-0.1, -0.05) is 25.1 Å². The Hall–Kier alpha value is -1.94. The normalized spacial score (nSPS) is 10.6. The van der Waals surface area contributed by atoms with Crippen LogP contribution in [-0.4, -0.2) is 11.5 Å². The molecule has 1 N–H and O–H groups in total. The quantitative estimate of drug-likeness (QED) is 0.878. The van der Waals surface area contributed by atoms with Gasteiger partial charge in [-0.05, 0) is 25.1 Å². The van der Waals surface area contributed by atoms with Gasteiger partial charge in [0.1, 0.15) is 18.2 Å². The molecule has 0 unspecified atom stereocenters. The second-order valence-corrected chi connectivity index (χ2v) is 4.64. The summed E-state index contributed by atoms with van der Waals surface area (Å²) in [5.41, 5.74) is 2.91. The van der Waals surface area contributed by atoms with Gasteiger partial charge < -0.3 is 10.1 Å². The Bertz CT molecular complexity index is 572. The molecule has 106 valence electrons. The topological polar surface area (TPSA) is 34.1 Å². The van der Waals surface area contributed by atoms with Gasteiger partial charge in [0.05, 0.1) is 6.20 Å². The predicted molar refractivity (Wildman–Crippen MR) is 77.1 cm³/mol. The first kappa shape index (κ1) is 14.5. The summed E-state index contributed by atoms with van der Waals surface area (Å²) in [6, 6.07) is 7.50. The number of aromatic nitrogens is 1. The number of benzene rings is 1. The Balaban J connectivity index is 2.11. The van der Waals surface area contributed by atoms with Gasteiger partial charge in [-0.25, -0.2) is 4.39 Å². The van der Waals surface area contributed by atoms with Gasteiger partial charge in [-0.15, -0.1) is 0 Å². The van der Waals surface area contributed by atoms with Gasteiger partial charge >= 0.3 is 0 Å². The van der Waals surface area contributed by atoms with E-state index in [2.05, 4.69) is 17.2 Å². The fourth-order valence-electron chi connectivity index (χ4n) is 2.01. The highest BCUT2D eigenvalue weighted by molar-refractivity contribution is 5.40. The standard InChI is InChI=1S/C16H19FN2O/c1-3-18-9-14-6-4-5-12(2)16(14)20-11-13-7-15(17)10-19-8-13/h4-8,10,18H,3,9,11H2,1-2H3. The van der Waals surface area contributed by atoms with E-state index < -0.39 is 0 Å². The van der Waals surface area contributed by atoms with Crippen LogP contribution < -0.4 is 10.1 Å². The molecule has 0 saturated carbocycles. The van der Waals surface area contributed by atoms with Crippen LogP contribution in [0.1, 0.15) is 23.6 Å². The van der Waals surface area contributed by atoms with Crippen molar-refractivity contribution in [3.8, 4) is 5.75 Å². The maximum atomic E-state index is 13.1. The molecule has 3 nitrogen and oxygen atoms in total. The highest BCUT2D eigenvalue weighted by Crippen LogP contribution is 2.24. The molecule has 0 spiro atoms. The summed E-state index contributed by atoms with van der Waals surface area (Å²) in [6.45, 7) is 6.05. The Morgan fingerprint density at radius 3 is 2.90 bits per heavy atom. The van der Waals surface area contributed by atoms with Crippen molar-refractivity contribution < 1.29 is 9.13 Å². The van der Waals surface area contributed by atoms with E-state index in [-0.39, 0.29) is 5.82 Å². The predicted octanol–water partition coefficient (Wildman–Crippen LogP) is 3.22. The van der Waals surface area contributed by atoms with Crippen LogP contribution in [0.2, 0.25) is 0 Å². The summed E-state index contributed by atoms with van der Waals surface area (Å²) in [6.07, 6.45) is 2.80. The smallest absolute Gasteiger partial charge is 0.141 e. The van der Waals surface area contributed by atoms with Gasteiger partial charge in [0.2, 0.25) is 0 Å². The van der Waals surface area contributed by atoms with Crippen molar-refractivity contribution in [2.45, 2.75) is 27.0 Å². The number of halogens is 1. The second kappa shape index (κ2) is 7.01. The Kier molecular flexibility index (Phi) is 5.07. The molecular formula is C16H19FN2O. The lowest BCUT2D eigenvalue weighted by Gasteiger charge is -2.14. The van der Waals surface area contributed by atoms with Crippen molar-refractivity contribution in [3.63, 3.8) is 0 Å². The minimum absolute atomic E-state index is 0.314. The van der Waals surface area contributed by atoms with Crippen molar-refractivity contribution in [2.75, 3.05) is 6.54 Å². The molecule has 0 fully saturated rings. The monoisotopic (exact) mass is 274 g/mol. The van der Waals surface area contributed by atoms with E-state index in [1.165, 1.54) is 12.3 Å². The Morgan fingerprint density at radius 2 is 2.15 bits per heavy atom. The number of hydrogen-bond donors (Lipinski definition) is 1. The number of ether oxygens (including phenoxy) is 1. The molecule has 0 atom stereocenters. The molecule has 0 aliphatic rings.